The number of hydrogen-bond donors (Lipinski definition) is 2. The second-order valence-electron chi connectivity index (χ2n) is 5.29. The first kappa shape index (κ1) is 13.6. The Kier molecular flexibility index (Phi) is 3.85. The van der Waals surface area contributed by atoms with Crippen LogP contribution in [0.5, 0.6) is 0 Å². The van der Waals surface area contributed by atoms with E-state index in [1.54, 1.807) is 0 Å². The summed E-state index contributed by atoms with van der Waals surface area (Å²) in [5, 5.41) is 6.64. The predicted octanol–water partition coefficient (Wildman–Crippen LogP) is 1.49. The Morgan fingerprint density at radius 3 is 2.76 bits per heavy atom. The molecule has 0 spiro atoms. The van der Waals surface area contributed by atoms with E-state index < -0.39 is 0 Å². The SMILES string of the molecule is O=C1CCC(C(=O)Nc2cccc(N3CCCC3)c2)=NN1. The standard InChI is InChI=1S/C15H18N4O2/c20-14-7-6-13(17-18-14)15(21)16-11-4-3-5-12(10-11)19-8-1-2-9-19/h3-5,10H,1-2,6-9H2,(H,16,21)(H,18,20). The molecule has 2 heterocycles. The molecule has 6 heteroatoms. The van der Waals surface area contributed by atoms with Gasteiger partial charge in [-0.2, -0.15) is 5.10 Å². The minimum Gasteiger partial charge on any atom is -0.371 e. The van der Waals surface area contributed by atoms with E-state index in [1.165, 1.54) is 12.8 Å². The Hall–Kier alpha value is -2.37. The third-order valence-electron chi connectivity index (χ3n) is 3.74. The zero-order valence-corrected chi connectivity index (χ0v) is 11.8. The van der Waals surface area contributed by atoms with Crippen molar-refractivity contribution in [3.05, 3.63) is 24.3 Å². The van der Waals surface area contributed by atoms with Crippen LogP contribution in [0.15, 0.2) is 29.4 Å². The number of nitrogens with zero attached hydrogens (tertiary/aromatic N) is 2. The van der Waals surface area contributed by atoms with Gasteiger partial charge in [0.05, 0.1) is 0 Å². The van der Waals surface area contributed by atoms with Gasteiger partial charge in [-0.1, -0.05) is 6.07 Å². The number of amides is 2. The fourth-order valence-electron chi connectivity index (χ4n) is 2.60. The van der Waals surface area contributed by atoms with Crippen molar-refractivity contribution in [3.63, 3.8) is 0 Å². The van der Waals surface area contributed by atoms with Crippen LogP contribution in [0.2, 0.25) is 0 Å². The van der Waals surface area contributed by atoms with Gasteiger partial charge in [-0.15, -0.1) is 0 Å². The predicted molar refractivity (Wildman–Crippen MR) is 81.3 cm³/mol. The number of nitrogens with one attached hydrogen (secondary N) is 2. The topological polar surface area (TPSA) is 73.8 Å². The fourth-order valence-corrected chi connectivity index (χ4v) is 2.60. The second-order valence-corrected chi connectivity index (χ2v) is 5.29. The van der Waals surface area contributed by atoms with Gasteiger partial charge in [0, 0.05) is 37.3 Å². The first-order valence-electron chi connectivity index (χ1n) is 7.24. The molecule has 2 N–H and O–H groups in total. The van der Waals surface area contributed by atoms with Crippen LogP contribution in [0.1, 0.15) is 25.7 Å². The molecule has 110 valence electrons. The van der Waals surface area contributed by atoms with Gasteiger partial charge in [-0.05, 0) is 31.0 Å². The van der Waals surface area contributed by atoms with E-state index in [4.69, 9.17) is 0 Å². The molecule has 1 saturated heterocycles. The Labute approximate surface area is 123 Å². The molecule has 2 aliphatic heterocycles. The van der Waals surface area contributed by atoms with Gasteiger partial charge >= 0.3 is 0 Å². The van der Waals surface area contributed by atoms with Gasteiger partial charge in [-0.3, -0.25) is 9.59 Å². The van der Waals surface area contributed by atoms with Gasteiger partial charge in [0.2, 0.25) is 5.91 Å². The van der Waals surface area contributed by atoms with Gasteiger partial charge < -0.3 is 10.2 Å². The number of hydrogen-bond acceptors (Lipinski definition) is 4. The average molecular weight is 286 g/mol. The van der Waals surface area contributed by atoms with Crippen molar-refractivity contribution in [1.82, 2.24) is 5.43 Å². The summed E-state index contributed by atoms with van der Waals surface area (Å²) in [5.74, 6) is -0.406. The fraction of sp³-hybridized carbons (Fsp3) is 0.400. The van der Waals surface area contributed by atoms with Crippen LogP contribution in [0.4, 0.5) is 11.4 Å². The van der Waals surface area contributed by atoms with Gasteiger partial charge in [0.15, 0.2) is 0 Å². The summed E-state index contributed by atoms with van der Waals surface area (Å²) in [7, 11) is 0. The van der Waals surface area contributed by atoms with Crippen molar-refractivity contribution < 1.29 is 9.59 Å². The molecule has 1 aromatic rings. The lowest BCUT2D eigenvalue weighted by Crippen LogP contribution is -2.32. The lowest BCUT2D eigenvalue weighted by atomic mass is 10.1. The summed E-state index contributed by atoms with van der Waals surface area (Å²) < 4.78 is 0. The molecule has 3 rings (SSSR count). The lowest BCUT2D eigenvalue weighted by Gasteiger charge is -2.18. The van der Waals surface area contributed by atoms with Crippen molar-refractivity contribution in [2.45, 2.75) is 25.7 Å². The van der Waals surface area contributed by atoms with Crippen LogP contribution in [0.25, 0.3) is 0 Å². The molecule has 1 fully saturated rings. The maximum absolute atomic E-state index is 12.1. The highest BCUT2D eigenvalue weighted by molar-refractivity contribution is 6.43. The summed E-state index contributed by atoms with van der Waals surface area (Å²) in [6.45, 7) is 2.13. The molecule has 0 unspecified atom stereocenters. The van der Waals surface area contributed by atoms with E-state index in [0.717, 1.165) is 24.5 Å². The lowest BCUT2D eigenvalue weighted by molar-refractivity contribution is -0.121. The maximum atomic E-state index is 12.1. The Morgan fingerprint density at radius 1 is 1.24 bits per heavy atom. The van der Waals surface area contributed by atoms with Crippen LogP contribution >= 0.6 is 0 Å². The van der Waals surface area contributed by atoms with E-state index in [9.17, 15) is 9.59 Å². The molecule has 6 nitrogen and oxygen atoms in total. The smallest absolute Gasteiger partial charge is 0.271 e. The van der Waals surface area contributed by atoms with E-state index in [1.807, 2.05) is 18.2 Å². The monoisotopic (exact) mass is 286 g/mol. The highest BCUT2D eigenvalue weighted by atomic mass is 16.2. The zero-order valence-electron chi connectivity index (χ0n) is 11.8. The minimum absolute atomic E-state index is 0.150. The largest absolute Gasteiger partial charge is 0.371 e. The summed E-state index contributed by atoms with van der Waals surface area (Å²) in [6, 6.07) is 7.83. The third-order valence-corrected chi connectivity index (χ3v) is 3.74. The first-order chi connectivity index (χ1) is 10.2. The van der Waals surface area contributed by atoms with Gasteiger partial charge in [0.1, 0.15) is 5.71 Å². The second kappa shape index (κ2) is 5.95. The number of carbonyl (C=O) groups excluding carboxylic acids is 2. The van der Waals surface area contributed by atoms with Crippen LogP contribution in [0, 0.1) is 0 Å². The molecule has 0 aromatic heterocycles. The van der Waals surface area contributed by atoms with Gasteiger partial charge in [0.25, 0.3) is 5.91 Å². The minimum atomic E-state index is -0.256. The zero-order chi connectivity index (χ0) is 14.7. The number of carbonyl (C=O) groups is 2. The Balaban J connectivity index is 1.68. The number of hydrazone groups is 1. The Bertz CT molecular complexity index is 591. The van der Waals surface area contributed by atoms with Crippen molar-refractivity contribution in [3.8, 4) is 0 Å². The van der Waals surface area contributed by atoms with Crippen LogP contribution in [-0.4, -0.2) is 30.6 Å². The van der Waals surface area contributed by atoms with E-state index in [2.05, 4.69) is 26.8 Å². The highest BCUT2D eigenvalue weighted by Crippen LogP contribution is 2.23. The van der Waals surface area contributed by atoms with Crippen molar-refractivity contribution >= 4 is 28.9 Å². The summed E-state index contributed by atoms with van der Waals surface area (Å²) in [6.07, 6.45) is 3.11. The summed E-state index contributed by atoms with van der Waals surface area (Å²) >= 11 is 0. The molecule has 1 aromatic carbocycles. The van der Waals surface area contributed by atoms with Crippen LogP contribution in [0.3, 0.4) is 0 Å². The van der Waals surface area contributed by atoms with Gasteiger partial charge in [-0.25, -0.2) is 5.43 Å². The number of benzene rings is 1. The maximum Gasteiger partial charge on any atom is 0.271 e. The highest BCUT2D eigenvalue weighted by Gasteiger charge is 2.19. The average Bonchev–Trinajstić information content (AvgIpc) is 3.02. The molecule has 0 bridgehead atoms. The summed E-state index contributed by atoms with van der Waals surface area (Å²) in [4.78, 5) is 25.4. The normalized spacial score (nSPS) is 18.2. The molecule has 0 radical (unpaired) electrons. The first-order valence-corrected chi connectivity index (χ1v) is 7.24. The molecule has 0 saturated carbocycles. The molecular weight excluding hydrogens is 268 g/mol. The van der Waals surface area contributed by atoms with Crippen LogP contribution in [-0.2, 0) is 9.59 Å². The van der Waals surface area contributed by atoms with Crippen molar-refractivity contribution in [1.29, 1.82) is 0 Å². The number of anilines is 2. The molecule has 0 aliphatic carbocycles. The van der Waals surface area contributed by atoms with Crippen molar-refractivity contribution in [2.75, 3.05) is 23.3 Å². The van der Waals surface area contributed by atoms with Crippen LogP contribution < -0.4 is 15.6 Å². The molecular formula is C15H18N4O2. The summed E-state index contributed by atoms with van der Waals surface area (Å²) in [5.41, 5.74) is 4.58. The molecule has 21 heavy (non-hydrogen) atoms. The van der Waals surface area contributed by atoms with E-state index in [-0.39, 0.29) is 11.8 Å². The van der Waals surface area contributed by atoms with Crippen molar-refractivity contribution in [2.24, 2.45) is 5.10 Å². The molecule has 0 atom stereocenters. The number of rotatable bonds is 3. The van der Waals surface area contributed by atoms with E-state index >= 15 is 0 Å². The third kappa shape index (κ3) is 3.21. The molecule has 2 aliphatic rings. The molecule has 2 amide bonds. The quantitative estimate of drug-likeness (QED) is 0.884. The Morgan fingerprint density at radius 2 is 2.05 bits per heavy atom. The van der Waals surface area contributed by atoms with E-state index in [0.29, 0.717) is 18.6 Å².